The molecule has 0 aliphatic heterocycles. The molecule has 0 heterocycles. The van der Waals surface area contributed by atoms with Crippen molar-refractivity contribution < 1.29 is 19.4 Å². The van der Waals surface area contributed by atoms with Crippen molar-refractivity contribution in [2.24, 2.45) is 0 Å². The molecule has 0 atom stereocenters. The fourth-order valence-electron chi connectivity index (χ4n) is 2.27. The molecule has 0 aliphatic carbocycles. The summed E-state index contributed by atoms with van der Waals surface area (Å²) in [5, 5.41) is 12.4. The van der Waals surface area contributed by atoms with Crippen LogP contribution >= 0.6 is 8.60 Å². The van der Waals surface area contributed by atoms with Crippen LogP contribution in [-0.4, -0.2) is 14.9 Å². The number of phenolic OH excluding ortho intramolecular Hbond substituents is 1. The lowest BCUT2D eigenvalue weighted by atomic mass is 10.0. The summed E-state index contributed by atoms with van der Waals surface area (Å²) < 4.78 is 4.82. The fraction of sp³-hybridized carbons (Fsp3) is 0. The van der Waals surface area contributed by atoms with Gasteiger partial charge >= 0.3 is 8.60 Å². The zero-order chi connectivity index (χ0) is 14.8. The molecule has 21 heavy (non-hydrogen) atoms. The minimum atomic E-state index is -2.56. The van der Waals surface area contributed by atoms with Gasteiger partial charge < -0.3 is 19.4 Å². The smallest absolute Gasteiger partial charge is 0.391 e. The third-order valence-electron chi connectivity index (χ3n) is 3.24. The molecular formula is C16H13O4P. The first-order chi connectivity index (χ1) is 10.1. The van der Waals surface area contributed by atoms with E-state index in [9.17, 15) is 5.11 Å². The summed E-state index contributed by atoms with van der Waals surface area (Å²) in [6.07, 6.45) is 0. The van der Waals surface area contributed by atoms with Crippen LogP contribution in [0.5, 0.6) is 11.5 Å². The molecule has 0 aromatic heterocycles. The number of para-hydroxylation sites is 1. The lowest BCUT2D eigenvalue weighted by Gasteiger charge is -2.11. The zero-order valence-corrected chi connectivity index (χ0v) is 11.9. The molecule has 0 bridgehead atoms. The summed E-state index contributed by atoms with van der Waals surface area (Å²) in [7, 11) is -2.56. The first-order valence-corrected chi connectivity index (χ1v) is 7.48. The highest BCUT2D eigenvalue weighted by Crippen LogP contribution is 2.41. The van der Waals surface area contributed by atoms with E-state index in [-0.39, 0.29) is 11.5 Å². The molecule has 0 fully saturated rings. The second kappa shape index (κ2) is 5.70. The maximum absolute atomic E-state index is 10.2. The van der Waals surface area contributed by atoms with E-state index in [2.05, 4.69) is 0 Å². The summed E-state index contributed by atoms with van der Waals surface area (Å²) in [5.41, 5.74) is 1.41. The summed E-state index contributed by atoms with van der Waals surface area (Å²) in [4.78, 5) is 17.8. The van der Waals surface area contributed by atoms with Gasteiger partial charge in [-0.15, -0.1) is 0 Å². The number of benzene rings is 3. The van der Waals surface area contributed by atoms with Crippen molar-refractivity contribution in [3.63, 3.8) is 0 Å². The molecule has 0 unspecified atom stereocenters. The number of rotatable bonds is 3. The molecule has 3 aromatic carbocycles. The number of hydrogen-bond donors (Lipinski definition) is 3. The van der Waals surface area contributed by atoms with E-state index in [0.717, 1.165) is 16.3 Å². The lowest BCUT2D eigenvalue weighted by Crippen LogP contribution is -1.88. The first-order valence-electron chi connectivity index (χ1n) is 6.32. The van der Waals surface area contributed by atoms with Crippen LogP contribution < -0.4 is 4.52 Å². The topological polar surface area (TPSA) is 69.9 Å². The monoisotopic (exact) mass is 300 g/mol. The Morgan fingerprint density at radius 3 is 2.33 bits per heavy atom. The molecule has 0 saturated heterocycles. The van der Waals surface area contributed by atoms with Crippen LogP contribution in [0.15, 0.2) is 60.7 Å². The van der Waals surface area contributed by atoms with Crippen molar-refractivity contribution in [2.75, 3.05) is 0 Å². The summed E-state index contributed by atoms with van der Waals surface area (Å²) in [6.45, 7) is 0. The predicted molar refractivity (Wildman–Crippen MR) is 83.0 cm³/mol. The predicted octanol–water partition coefficient (Wildman–Crippen LogP) is 3.80. The van der Waals surface area contributed by atoms with Gasteiger partial charge in [0.2, 0.25) is 0 Å². The van der Waals surface area contributed by atoms with Gasteiger partial charge in [-0.2, -0.15) is 0 Å². The van der Waals surface area contributed by atoms with E-state index < -0.39 is 8.60 Å². The maximum Gasteiger partial charge on any atom is 0.391 e. The molecule has 0 radical (unpaired) electrons. The van der Waals surface area contributed by atoms with Crippen molar-refractivity contribution in [1.82, 2.24) is 0 Å². The van der Waals surface area contributed by atoms with Gasteiger partial charge in [0.15, 0.2) is 11.5 Å². The van der Waals surface area contributed by atoms with E-state index in [0.29, 0.717) is 5.56 Å². The highest BCUT2D eigenvalue weighted by Gasteiger charge is 2.13. The third-order valence-corrected chi connectivity index (χ3v) is 3.60. The van der Waals surface area contributed by atoms with Crippen molar-refractivity contribution in [2.45, 2.75) is 0 Å². The van der Waals surface area contributed by atoms with Crippen LogP contribution in [0, 0.1) is 0 Å². The van der Waals surface area contributed by atoms with Gasteiger partial charge in [0, 0.05) is 5.56 Å². The Balaban J connectivity index is 2.09. The largest absolute Gasteiger partial charge is 0.504 e. The number of fused-ring (bicyclic) bond motifs is 1. The average Bonchev–Trinajstić information content (AvgIpc) is 2.48. The summed E-state index contributed by atoms with van der Waals surface area (Å²) in [5.74, 6) is -0.0554. The van der Waals surface area contributed by atoms with Gasteiger partial charge in [0.25, 0.3) is 0 Å². The molecule has 5 heteroatoms. The summed E-state index contributed by atoms with van der Waals surface area (Å²) in [6, 6.07) is 18.7. The molecule has 3 rings (SSSR count). The highest BCUT2D eigenvalue weighted by atomic mass is 31.2. The van der Waals surface area contributed by atoms with Crippen LogP contribution in [0.4, 0.5) is 0 Å². The highest BCUT2D eigenvalue weighted by molar-refractivity contribution is 7.39. The molecule has 106 valence electrons. The van der Waals surface area contributed by atoms with Crippen LogP contribution in [0.1, 0.15) is 0 Å². The van der Waals surface area contributed by atoms with Gasteiger partial charge in [-0.3, -0.25) is 0 Å². The van der Waals surface area contributed by atoms with E-state index in [1.54, 1.807) is 12.1 Å². The Kier molecular flexibility index (Phi) is 3.76. The van der Waals surface area contributed by atoms with Crippen LogP contribution in [0.3, 0.4) is 0 Å². The number of aromatic hydroxyl groups is 1. The SMILES string of the molecule is Oc1c(OP(O)O)cccc1-c1ccc2ccccc2c1. The zero-order valence-electron chi connectivity index (χ0n) is 11.0. The van der Waals surface area contributed by atoms with Crippen molar-refractivity contribution in [3.8, 4) is 22.6 Å². The minimum absolute atomic E-state index is 0.0526. The van der Waals surface area contributed by atoms with Crippen molar-refractivity contribution in [3.05, 3.63) is 60.7 Å². The minimum Gasteiger partial charge on any atom is -0.504 e. The lowest BCUT2D eigenvalue weighted by molar-refractivity contribution is 0.361. The molecule has 3 aromatic rings. The molecule has 4 nitrogen and oxygen atoms in total. The molecule has 3 N–H and O–H groups in total. The Bertz CT molecular complexity index is 786. The van der Waals surface area contributed by atoms with Gasteiger partial charge in [-0.25, -0.2) is 0 Å². The van der Waals surface area contributed by atoms with Gasteiger partial charge in [-0.1, -0.05) is 48.5 Å². The van der Waals surface area contributed by atoms with Crippen LogP contribution in [0.2, 0.25) is 0 Å². The molecule has 0 saturated carbocycles. The molecular weight excluding hydrogens is 287 g/mol. The van der Waals surface area contributed by atoms with E-state index in [4.69, 9.17) is 14.3 Å². The second-order valence-electron chi connectivity index (χ2n) is 4.56. The van der Waals surface area contributed by atoms with Crippen molar-refractivity contribution >= 4 is 19.4 Å². The Morgan fingerprint density at radius 1 is 0.810 bits per heavy atom. The molecule has 0 aliphatic rings. The quantitative estimate of drug-likeness (QED) is 0.643. The Labute approximate surface area is 122 Å². The van der Waals surface area contributed by atoms with Gasteiger partial charge in [0.1, 0.15) is 0 Å². The van der Waals surface area contributed by atoms with Gasteiger partial charge in [0.05, 0.1) is 0 Å². The first kappa shape index (κ1) is 13.8. The van der Waals surface area contributed by atoms with Crippen molar-refractivity contribution in [1.29, 1.82) is 0 Å². The molecule has 0 amide bonds. The second-order valence-corrected chi connectivity index (χ2v) is 5.25. The van der Waals surface area contributed by atoms with E-state index in [1.165, 1.54) is 6.07 Å². The normalized spacial score (nSPS) is 11.0. The Hall–Kier alpha value is -2.13. The number of phenols is 1. The molecule has 0 spiro atoms. The van der Waals surface area contributed by atoms with Crippen LogP contribution in [-0.2, 0) is 0 Å². The van der Waals surface area contributed by atoms with Gasteiger partial charge in [-0.05, 0) is 28.5 Å². The standard InChI is InChI=1S/C16H13O4P/c17-16-14(6-3-7-15(16)20-21(18)19)13-9-8-11-4-1-2-5-12(11)10-13/h1-10,17-19H. The van der Waals surface area contributed by atoms with Crippen LogP contribution in [0.25, 0.3) is 21.9 Å². The van der Waals surface area contributed by atoms with E-state index in [1.807, 2.05) is 42.5 Å². The van der Waals surface area contributed by atoms with E-state index >= 15 is 0 Å². The Morgan fingerprint density at radius 2 is 1.57 bits per heavy atom. The third kappa shape index (κ3) is 2.83. The maximum atomic E-state index is 10.2. The fourth-order valence-corrected chi connectivity index (χ4v) is 2.60. The average molecular weight is 300 g/mol. The number of hydrogen-bond acceptors (Lipinski definition) is 4. The summed E-state index contributed by atoms with van der Waals surface area (Å²) >= 11 is 0.